The fourth-order valence-corrected chi connectivity index (χ4v) is 5.87. The van der Waals surface area contributed by atoms with Gasteiger partial charge in [0.25, 0.3) is 0 Å². The Bertz CT molecular complexity index is 1020. The van der Waals surface area contributed by atoms with Gasteiger partial charge in [0, 0.05) is 25.1 Å². The minimum atomic E-state index is -0.664. The summed E-state index contributed by atoms with van der Waals surface area (Å²) in [6.45, 7) is 0. The Morgan fingerprint density at radius 3 is 1.62 bits per heavy atom. The lowest BCUT2D eigenvalue weighted by Crippen LogP contribution is -2.22. The summed E-state index contributed by atoms with van der Waals surface area (Å²) in [5.74, 6) is 0. The summed E-state index contributed by atoms with van der Waals surface area (Å²) in [4.78, 5) is 2.14. The molecule has 0 spiro atoms. The highest BCUT2D eigenvalue weighted by Gasteiger charge is 2.19. The molecule has 0 fully saturated rings. The second-order valence-electron chi connectivity index (χ2n) is 7.06. The van der Waals surface area contributed by atoms with E-state index in [1.165, 1.54) is 21.6 Å². The average Bonchev–Trinajstić information content (AvgIpc) is 2.77. The van der Waals surface area contributed by atoms with Crippen LogP contribution >= 0.6 is 7.92 Å². The second-order valence-corrected chi connectivity index (χ2v) is 9.25. The molecule has 0 atom stereocenters. The highest BCUT2D eigenvalue weighted by atomic mass is 31.1. The van der Waals surface area contributed by atoms with E-state index < -0.39 is 7.92 Å². The molecular formula is C26H25N2P. The van der Waals surface area contributed by atoms with Crippen LogP contribution in [0.4, 0.5) is 17.1 Å². The van der Waals surface area contributed by atoms with E-state index >= 15 is 0 Å². The van der Waals surface area contributed by atoms with Gasteiger partial charge in [0.1, 0.15) is 0 Å². The second kappa shape index (κ2) is 8.94. The van der Waals surface area contributed by atoms with E-state index in [0.29, 0.717) is 0 Å². The fourth-order valence-electron chi connectivity index (χ4n) is 3.47. The van der Waals surface area contributed by atoms with Crippen molar-refractivity contribution in [3.05, 3.63) is 109 Å². The summed E-state index contributed by atoms with van der Waals surface area (Å²) in [5.41, 5.74) is 3.44. The molecule has 2 nitrogen and oxygen atoms in total. The van der Waals surface area contributed by atoms with Crippen LogP contribution in [0.15, 0.2) is 109 Å². The standard InChI is InChI=1S/C26H25N2P/c1-28(2)25-19-11-9-17-23(25)27-24-18-10-12-20-26(24)29(21-13-5-3-6-14-21)22-15-7-4-8-16-22/h3-20,27H,1-2H3. The van der Waals surface area contributed by atoms with Gasteiger partial charge in [-0.25, -0.2) is 0 Å². The van der Waals surface area contributed by atoms with E-state index in [9.17, 15) is 0 Å². The number of benzene rings is 4. The van der Waals surface area contributed by atoms with Gasteiger partial charge in [-0.1, -0.05) is 91.0 Å². The molecule has 0 aliphatic rings. The number of hydrogen-bond acceptors (Lipinski definition) is 2. The summed E-state index contributed by atoms with van der Waals surface area (Å²) in [5, 5.41) is 7.75. The van der Waals surface area contributed by atoms with Crippen molar-refractivity contribution < 1.29 is 0 Å². The van der Waals surface area contributed by atoms with Gasteiger partial charge in [-0.2, -0.15) is 0 Å². The molecule has 3 heteroatoms. The number of nitrogens with one attached hydrogen (secondary N) is 1. The van der Waals surface area contributed by atoms with Crippen molar-refractivity contribution in [1.29, 1.82) is 0 Å². The Morgan fingerprint density at radius 1 is 0.552 bits per heavy atom. The molecule has 0 radical (unpaired) electrons. The van der Waals surface area contributed by atoms with Gasteiger partial charge in [-0.3, -0.25) is 0 Å². The highest BCUT2D eigenvalue weighted by Crippen LogP contribution is 2.37. The molecule has 0 heterocycles. The third-order valence-corrected chi connectivity index (χ3v) is 7.33. The maximum atomic E-state index is 3.72. The van der Waals surface area contributed by atoms with Crippen LogP contribution in [0.25, 0.3) is 0 Å². The molecule has 4 aromatic rings. The summed E-state index contributed by atoms with van der Waals surface area (Å²) >= 11 is 0. The van der Waals surface area contributed by atoms with Crippen molar-refractivity contribution in [2.75, 3.05) is 24.3 Å². The molecule has 0 aliphatic heterocycles. The molecule has 0 aromatic heterocycles. The molecule has 0 saturated carbocycles. The molecule has 29 heavy (non-hydrogen) atoms. The Hall–Kier alpha value is -3.09. The number of rotatable bonds is 6. The van der Waals surface area contributed by atoms with E-state index in [2.05, 4.69) is 134 Å². The SMILES string of the molecule is CN(C)c1ccccc1Nc1ccccc1P(c1ccccc1)c1ccccc1. The number of nitrogens with zero attached hydrogens (tertiary/aromatic N) is 1. The largest absolute Gasteiger partial charge is 0.376 e. The predicted molar refractivity (Wildman–Crippen MR) is 129 cm³/mol. The topological polar surface area (TPSA) is 15.3 Å². The van der Waals surface area contributed by atoms with Crippen molar-refractivity contribution in [3.8, 4) is 0 Å². The Labute approximate surface area is 174 Å². The predicted octanol–water partition coefficient (Wildman–Crippen LogP) is 5.25. The van der Waals surface area contributed by atoms with Crippen LogP contribution < -0.4 is 26.1 Å². The van der Waals surface area contributed by atoms with E-state index in [1.54, 1.807) is 0 Å². The van der Waals surface area contributed by atoms with Crippen LogP contribution in [0, 0.1) is 0 Å². The third-order valence-electron chi connectivity index (χ3n) is 4.83. The lowest BCUT2D eigenvalue weighted by molar-refractivity contribution is 1.13. The van der Waals surface area contributed by atoms with E-state index in [1.807, 2.05) is 0 Å². The van der Waals surface area contributed by atoms with E-state index in [0.717, 1.165) is 11.4 Å². The summed E-state index contributed by atoms with van der Waals surface area (Å²) < 4.78 is 0. The minimum Gasteiger partial charge on any atom is -0.376 e. The Morgan fingerprint density at radius 2 is 1.03 bits per heavy atom. The van der Waals surface area contributed by atoms with Gasteiger partial charge >= 0.3 is 0 Å². The molecule has 0 amide bonds. The van der Waals surface area contributed by atoms with Crippen molar-refractivity contribution >= 4 is 40.9 Å². The molecule has 0 saturated heterocycles. The van der Waals surface area contributed by atoms with Crippen LogP contribution in [0.5, 0.6) is 0 Å². The number of anilines is 3. The summed E-state index contributed by atoms with van der Waals surface area (Å²) in [7, 11) is 3.49. The average molecular weight is 396 g/mol. The molecule has 0 bridgehead atoms. The zero-order valence-electron chi connectivity index (χ0n) is 16.8. The maximum absolute atomic E-state index is 3.72. The molecular weight excluding hydrogens is 371 g/mol. The van der Waals surface area contributed by atoms with Crippen LogP contribution in [0.3, 0.4) is 0 Å². The monoisotopic (exact) mass is 396 g/mol. The first kappa shape index (κ1) is 19.2. The molecule has 0 unspecified atom stereocenters. The highest BCUT2D eigenvalue weighted by molar-refractivity contribution is 7.80. The minimum absolute atomic E-state index is 0.664. The zero-order valence-corrected chi connectivity index (χ0v) is 17.7. The normalized spacial score (nSPS) is 10.7. The number of para-hydroxylation sites is 3. The van der Waals surface area contributed by atoms with E-state index in [4.69, 9.17) is 0 Å². The lowest BCUT2D eigenvalue weighted by atomic mass is 10.2. The molecule has 0 aliphatic carbocycles. The van der Waals surface area contributed by atoms with Gasteiger partial charge < -0.3 is 10.2 Å². The lowest BCUT2D eigenvalue weighted by Gasteiger charge is -2.24. The van der Waals surface area contributed by atoms with Crippen molar-refractivity contribution in [1.82, 2.24) is 0 Å². The molecule has 4 rings (SSSR count). The zero-order chi connectivity index (χ0) is 20.1. The van der Waals surface area contributed by atoms with E-state index in [-0.39, 0.29) is 0 Å². The molecule has 4 aromatic carbocycles. The Balaban J connectivity index is 1.82. The first-order valence-corrected chi connectivity index (χ1v) is 11.1. The van der Waals surface area contributed by atoms with Crippen LogP contribution in [-0.2, 0) is 0 Å². The Kier molecular flexibility index (Phi) is 5.93. The maximum Gasteiger partial charge on any atom is 0.0622 e. The van der Waals surface area contributed by atoms with Gasteiger partial charge in [-0.05, 0) is 36.7 Å². The molecule has 144 valence electrons. The third kappa shape index (κ3) is 4.34. The smallest absolute Gasteiger partial charge is 0.0622 e. The van der Waals surface area contributed by atoms with Gasteiger partial charge in [0.15, 0.2) is 0 Å². The molecule has 1 N–H and O–H groups in total. The van der Waals surface area contributed by atoms with Crippen LogP contribution in [0.1, 0.15) is 0 Å². The van der Waals surface area contributed by atoms with Gasteiger partial charge in [0.2, 0.25) is 0 Å². The summed E-state index contributed by atoms with van der Waals surface area (Å²) in [6, 6.07) is 38.8. The van der Waals surface area contributed by atoms with Crippen LogP contribution in [-0.4, -0.2) is 14.1 Å². The van der Waals surface area contributed by atoms with Crippen molar-refractivity contribution in [2.24, 2.45) is 0 Å². The van der Waals surface area contributed by atoms with Crippen LogP contribution in [0.2, 0.25) is 0 Å². The first-order valence-electron chi connectivity index (χ1n) is 9.76. The fraction of sp³-hybridized carbons (Fsp3) is 0.0769. The van der Waals surface area contributed by atoms with Crippen molar-refractivity contribution in [2.45, 2.75) is 0 Å². The van der Waals surface area contributed by atoms with Crippen molar-refractivity contribution in [3.63, 3.8) is 0 Å². The quantitative estimate of drug-likeness (QED) is 0.448. The summed E-state index contributed by atoms with van der Waals surface area (Å²) in [6.07, 6.45) is 0. The van der Waals surface area contributed by atoms with Gasteiger partial charge in [0.05, 0.1) is 11.4 Å². The first-order chi connectivity index (χ1) is 14.2. The van der Waals surface area contributed by atoms with Gasteiger partial charge in [-0.15, -0.1) is 0 Å². The number of hydrogen-bond donors (Lipinski definition) is 1.